The van der Waals surface area contributed by atoms with Crippen LogP contribution < -0.4 is 0 Å². The van der Waals surface area contributed by atoms with Crippen LogP contribution >= 0.6 is 0 Å². The molecule has 0 saturated heterocycles. The molecule has 0 fully saturated rings. The Bertz CT molecular complexity index is 284. The summed E-state index contributed by atoms with van der Waals surface area (Å²) in [6.45, 7) is 4.25. The zero-order valence-electron chi connectivity index (χ0n) is 10.1. The molecular formula is C14H22O2. The Morgan fingerprint density at radius 2 is 1.75 bits per heavy atom. The van der Waals surface area contributed by atoms with Crippen LogP contribution in [0.25, 0.3) is 0 Å². The fourth-order valence-electron chi connectivity index (χ4n) is 2.02. The molecule has 1 aromatic rings. The van der Waals surface area contributed by atoms with Crippen molar-refractivity contribution in [2.75, 3.05) is 0 Å². The normalized spacial score (nSPS) is 16.8. The summed E-state index contributed by atoms with van der Waals surface area (Å²) in [5.41, 5.74) is 0.790. The standard InChI is InChI=1S/C14H22O2/c1-3-7-11(2)10-13(15)14(16)12-8-5-4-6-9-12/h4-6,8-9,11,13-16H,3,7,10H2,1-2H3. The van der Waals surface area contributed by atoms with Crippen LogP contribution in [0.3, 0.4) is 0 Å². The summed E-state index contributed by atoms with van der Waals surface area (Å²) in [4.78, 5) is 0. The molecule has 0 amide bonds. The van der Waals surface area contributed by atoms with Gasteiger partial charge in [0.15, 0.2) is 0 Å². The van der Waals surface area contributed by atoms with E-state index < -0.39 is 12.2 Å². The highest BCUT2D eigenvalue weighted by molar-refractivity contribution is 5.18. The van der Waals surface area contributed by atoms with E-state index in [1.807, 2.05) is 30.3 Å². The lowest BCUT2D eigenvalue weighted by Gasteiger charge is -2.21. The molecule has 2 heteroatoms. The van der Waals surface area contributed by atoms with Gasteiger partial charge in [-0.25, -0.2) is 0 Å². The first-order valence-electron chi connectivity index (χ1n) is 6.06. The molecule has 3 atom stereocenters. The highest BCUT2D eigenvalue weighted by Gasteiger charge is 2.19. The monoisotopic (exact) mass is 222 g/mol. The molecule has 0 radical (unpaired) electrons. The van der Waals surface area contributed by atoms with Gasteiger partial charge in [0, 0.05) is 0 Å². The zero-order chi connectivity index (χ0) is 12.0. The molecule has 0 bridgehead atoms. The molecule has 1 aromatic carbocycles. The summed E-state index contributed by atoms with van der Waals surface area (Å²) in [6, 6.07) is 9.35. The van der Waals surface area contributed by atoms with E-state index in [0.29, 0.717) is 12.3 Å². The van der Waals surface area contributed by atoms with Crippen LogP contribution in [0.2, 0.25) is 0 Å². The Kier molecular flexibility index (Phi) is 5.50. The summed E-state index contributed by atoms with van der Waals surface area (Å²) < 4.78 is 0. The maximum atomic E-state index is 9.96. The van der Waals surface area contributed by atoms with Crippen molar-refractivity contribution in [3.05, 3.63) is 35.9 Å². The molecule has 16 heavy (non-hydrogen) atoms. The minimum Gasteiger partial charge on any atom is -0.390 e. The molecular weight excluding hydrogens is 200 g/mol. The second-order valence-electron chi connectivity index (χ2n) is 4.55. The van der Waals surface area contributed by atoms with Crippen LogP contribution in [0, 0.1) is 5.92 Å². The predicted molar refractivity (Wildman–Crippen MR) is 66.1 cm³/mol. The van der Waals surface area contributed by atoms with E-state index in [1.54, 1.807) is 0 Å². The highest BCUT2D eigenvalue weighted by Crippen LogP contribution is 2.23. The quantitative estimate of drug-likeness (QED) is 0.777. The van der Waals surface area contributed by atoms with Crippen molar-refractivity contribution in [1.29, 1.82) is 0 Å². The number of hydrogen-bond donors (Lipinski definition) is 2. The Labute approximate surface area is 97.9 Å². The van der Waals surface area contributed by atoms with Crippen LogP contribution in [0.15, 0.2) is 30.3 Å². The molecule has 2 nitrogen and oxygen atoms in total. The van der Waals surface area contributed by atoms with Crippen molar-refractivity contribution in [2.45, 2.75) is 45.3 Å². The highest BCUT2D eigenvalue weighted by atomic mass is 16.3. The van der Waals surface area contributed by atoms with E-state index in [1.165, 1.54) is 0 Å². The molecule has 0 aliphatic carbocycles. The van der Waals surface area contributed by atoms with Gasteiger partial charge in [-0.05, 0) is 17.9 Å². The number of benzene rings is 1. The average molecular weight is 222 g/mol. The molecule has 0 aliphatic heterocycles. The molecule has 90 valence electrons. The largest absolute Gasteiger partial charge is 0.390 e. The lowest BCUT2D eigenvalue weighted by atomic mass is 9.93. The van der Waals surface area contributed by atoms with Crippen LogP contribution in [0.1, 0.15) is 44.8 Å². The van der Waals surface area contributed by atoms with Crippen molar-refractivity contribution >= 4 is 0 Å². The van der Waals surface area contributed by atoms with E-state index in [2.05, 4.69) is 13.8 Å². The van der Waals surface area contributed by atoms with Gasteiger partial charge in [-0.3, -0.25) is 0 Å². The molecule has 0 aliphatic rings. The van der Waals surface area contributed by atoms with Crippen molar-refractivity contribution in [2.24, 2.45) is 5.92 Å². The fourth-order valence-corrected chi connectivity index (χ4v) is 2.02. The van der Waals surface area contributed by atoms with Gasteiger partial charge in [0.1, 0.15) is 6.10 Å². The van der Waals surface area contributed by atoms with Crippen LogP contribution in [0.5, 0.6) is 0 Å². The van der Waals surface area contributed by atoms with E-state index >= 15 is 0 Å². The smallest absolute Gasteiger partial charge is 0.105 e. The molecule has 0 spiro atoms. The first-order valence-corrected chi connectivity index (χ1v) is 6.06. The van der Waals surface area contributed by atoms with Crippen molar-refractivity contribution < 1.29 is 10.2 Å². The maximum Gasteiger partial charge on any atom is 0.105 e. The first-order chi connectivity index (χ1) is 7.65. The van der Waals surface area contributed by atoms with Crippen LogP contribution in [-0.4, -0.2) is 16.3 Å². The topological polar surface area (TPSA) is 40.5 Å². The third kappa shape index (κ3) is 3.95. The second kappa shape index (κ2) is 6.66. The van der Waals surface area contributed by atoms with Gasteiger partial charge in [-0.2, -0.15) is 0 Å². The summed E-state index contributed by atoms with van der Waals surface area (Å²) in [7, 11) is 0. The fraction of sp³-hybridized carbons (Fsp3) is 0.571. The van der Waals surface area contributed by atoms with Crippen LogP contribution in [0.4, 0.5) is 0 Å². The Morgan fingerprint density at radius 1 is 1.12 bits per heavy atom. The van der Waals surface area contributed by atoms with Gasteiger partial charge in [-0.15, -0.1) is 0 Å². The Balaban J connectivity index is 2.51. The predicted octanol–water partition coefficient (Wildman–Crippen LogP) is 2.91. The molecule has 3 unspecified atom stereocenters. The minimum atomic E-state index is -0.763. The third-order valence-corrected chi connectivity index (χ3v) is 2.93. The van der Waals surface area contributed by atoms with Gasteiger partial charge >= 0.3 is 0 Å². The minimum absolute atomic E-state index is 0.457. The summed E-state index contributed by atoms with van der Waals surface area (Å²) in [5.74, 6) is 0.457. The second-order valence-corrected chi connectivity index (χ2v) is 4.55. The SMILES string of the molecule is CCCC(C)CC(O)C(O)c1ccccc1. The van der Waals surface area contributed by atoms with Crippen molar-refractivity contribution in [3.8, 4) is 0 Å². The van der Waals surface area contributed by atoms with E-state index in [9.17, 15) is 10.2 Å². The van der Waals surface area contributed by atoms with Gasteiger partial charge in [-0.1, -0.05) is 57.0 Å². The Hall–Kier alpha value is -0.860. The summed E-state index contributed by atoms with van der Waals surface area (Å²) in [5, 5.41) is 19.9. The molecule has 1 rings (SSSR count). The number of aliphatic hydroxyl groups is 2. The number of hydrogen-bond acceptors (Lipinski definition) is 2. The number of rotatable bonds is 6. The van der Waals surface area contributed by atoms with E-state index in [-0.39, 0.29) is 0 Å². The average Bonchev–Trinajstić information content (AvgIpc) is 2.29. The lowest BCUT2D eigenvalue weighted by molar-refractivity contribution is 0.00434. The Morgan fingerprint density at radius 3 is 2.31 bits per heavy atom. The van der Waals surface area contributed by atoms with Crippen molar-refractivity contribution in [1.82, 2.24) is 0 Å². The molecule has 0 heterocycles. The summed E-state index contributed by atoms with van der Waals surface area (Å²) >= 11 is 0. The molecule has 2 N–H and O–H groups in total. The van der Waals surface area contributed by atoms with Gasteiger partial charge in [0.05, 0.1) is 6.10 Å². The van der Waals surface area contributed by atoms with E-state index in [4.69, 9.17) is 0 Å². The van der Waals surface area contributed by atoms with Gasteiger partial charge in [0.2, 0.25) is 0 Å². The van der Waals surface area contributed by atoms with E-state index in [0.717, 1.165) is 18.4 Å². The van der Waals surface area contributed by atoms with Crippen molar-refractivity contribution in [3.63, 3.8) is 0 Å². The summed E-state index contributed by atoms with van der Waals surface area (Å²) in [6.07, 6.45) is 1.45. The van der Waals surface area contributed by atoms with Gasteiger partial charge in [0.25, 0.3) is 0 Å². The zero-order valence-corrected chi connectivity index (χ0v) is 10.1. The first kappa shape index (κ1) is 13.2. The van der Waals surface area contributed by atoms with Crippen LogP contribution in [-0.2, 0) is 0 Å². The molecule has 0 saturated carbocycles. The van der Waals surface area contributed by atoms with Gasteiger partial charge < -0.3 is 10.2 Å². The third-order valence-electron chi connectivity index (χ3n) is 2.93. The number of aliphatic hydroxyl groups excluding tert-OH is 2. The lowest BCUT2D eigenvalue weighted by Crippen LogP contribution is -2.20. The molecule has 0 aromatic heterocycles. The maximum absolute atomic E-state index is 9.96.